The second-order valence-electron chi connectivity index (χ2n) is 5.49. The quantitative estimate of drug-likeness (QED) is 0.891. The molecule has 1 N–H and O–H groups in total. The van der Waals surface area contributed by atoms with Gasteiger partial charge in [-0.05, 0) is 45.7 Å². The van der Waals surface area contributed by atoms with Gasteiger partial charge in [-0.15, -0.1) is 0 Å². The molecule has 0 aliphatic carbocycles. The van der Waals surface area contributed by atoms with Gasteiger partial charge in [-0.25, -0.2) is 9.18 Å². The second kappa shape index (κ2) is 6.55. The Balaban J connectivity index is 2.49. The maximum absolute atomic E-state index is 13.4. The van der Waals surface area contributed by atoms with Crippen LogP contribution in [0.1, 0.15) is 33.3 Å². The minimum Gasteiger partial charge on any atom is -0.338 e. The van der Waals surface area contributed by atoms with Gasteiger partial charge in [0.2, 0.25) is 0 Å². The van der Waals surface area contributed by atoms with E-state index in [2.05, 4.69) is 5.32 Å². The van der Waals surface area contributed by atoms with Gasteiger partial charge in [0.1, 0.15) is 5.82 Å². The number of nitrogens with zero attached hydrogens (tertiary/aromatic N) is 1. The van der Waals surface area contributed by atoms with E-state index in [0.29, 0.717) is 25.1 Å². The predicted octanol–water partition coefficient (Wildman–Crippen LogP) is 3.20. The van der Waals surface area contributed by atoms with E-state index >= 15 is 0 Å². The molecule has 0 aromatic heterocycles. The molecule has 0 saturated heterocycles. The lowest BCUT2D eigenvalue weighted by Crippen LogP contribution is -2.50. The molecular weight excluding hydrogens is 243 g/mol. The number of rotatable bonds is 4. The number of urea groups is 1. The lowest BCUT2D eigenvalue weighted by Gasteiger charge is -2.34. The summed E-state index contributed by atoms with van der Waals surface area (Å²) in [4.78, 5) is 13.8. The first-order valence-electron chi connectivity index (χ1n) is 6.65. The zero-order chi connectivity index (χ0) is 14.5. The van der Waals surface area contributed by atoms with Crippen LogP contribution in [0.2, 0.25) is 0 Å². The first-order chi connectivity index (χ1) is 8.86. The van der Waals surface area contributed by atoms with E-state index in [4.69, 9.17) is 0 Å². The molecule has 0 atom stereocenters. The Labute approximate surface area is 114 Å². The third-order valence-corrected chi connectivity index (χ3v) is 3.00. The maximum Gasteiger partial charge on any atom is 0.317 e. The van der Waals surface area contributed by atoms with Gasteiger partial charge in [0.25, 0.3) is 0 Å². The number of carbonyl (C=O) groups excluding carboxylic acids is 1. The van der Waals surface area contributed by atoms with E-state index in [1.807, 2.05) is 27.7 Å². The van der Waals surface area contributed by atoms with Gasteiger partial charge in [-0.3, -0.25) is 0 Å². The van der Waals surface area contributed by atoms with Crippen LogP contribution < -0.4 is 5.32 Å². The van der Waals surface area contributed by atoms with Crippen LogP contribution in [-0.2, 0) is 6.42 Å². The molecule has 0 aliphatic rings. The van der Waals surface area contributed by atoms with E-state index in [9.17, 15) is 9.18 Å². The van der Waals surface area contributed by atoms with Crippen molar-refractivity contribution in [1.82, 2.24) is 10.2 Å². The Morgan fingerprint density at radius 3 is 2.47 bits per heavy atom. The normalized spacial score (nSPS) is 11.2. The van der Waals surface area contributed by atoms with Crippen molar-refractivity contribution < 1.29 is 9.18 Å². The van der Waals surface area contributed by atoms with E-state index in [1.165, 1.54) is 6.07 Å². The standard InChI is InChI=1S/C15H23FN2O/c1-5-18(15(2,3)4)14(19)17-11-10-12-8-6-7-9-13(12)16/h6-9H,5,10-11H2,1-4H3,(H,17,19). The fourth-order valence-electron chi connectivity index (χ4n) is 2.02. The molecule has 19 heavy (non-hydrogen) atoms. The average Bonchev–Trinajstić information content (AvgIpc) is 2.30. The van der Waals surface area contributed by atoms with Crippen LogP contribution in [0.4, 0.5) is 9.18 Å². The molecule has 0 fully saturated rings. The minimum atomic E-state index is -0.222. The highest BCUT2D eigenvalue weighted by molar-refractivity contribution is 5.74. The Bertz CT molecular complexity index is 426. The van der Waals surface area contributed by atoms with Crippen molar-refractivity contribution in [2.45, 2.75) is 39.7 Å². The van der Waals surface area contributed by atoms with Crippen LogP contribution >= 0.6 is 0 Å². The molecule has 0 saturated carbocycles. The molecule has 1 aromatic carbocycles. The Kier molecular flexibility index (Phi) is 5.33. The summed E-state index contributed by atoms with van der Waals surface area (Å²) in [5.74, 6) is -0.222. The van der Waals surface area contributed by atoms with Gasteiger partial charge in [0.15, 0.2) is 0 Å². The molecular formula is C15H23FN2O. The molecule has 0 heterocycles. The van der Waals surface area contributed by atoms with Gasteiger partial charge in [0.05, 0.1) is 0 Å². The molecule has 0 unspecified atom stereocenters. The van der Waals surface area contributed by atoms with Gasteiger partial charge in [0, 0.05) is 18.6 Å². The summed E-state index contributed by atoms with van der Waals surface area (Å²) in [5, 5.41) is 2.84. The smallest absolute Gasteiger partial charge is 0.317 e. The van der Waals surface area contributed by atoms with Crippen molar-refractivity contribution >= 4 is 6.03 Å². The van der Waals surface area contributed by atoms with Crippen LogP contribution in [0.25, 0.3) is 0 Å². The molecule has 3 nitrogen and oxygen atoms in total. The van der Waals surface area contributed by atoms with Crippen molar-refractivity contribution in [3.63, 3.8) is 0 Å². The number of nitrogens with one attached hydrogen (secondary N) is 1. The van der Waals surface area contributed by atoms with Gasteiger partial charge < -0.3 is 10.2 Å². The molecule has 0 bridgehead atoms. The van der Waals surface area contributed by atoms with Gasteiger partial charge >= 0.3 is 6.03 Å². The molecule has 106 valence electrons. The lowest BCUT2D eigenvalue weighted by atomic mass is 10.1. The number of benzene rings is 1. The minimum absolute atomic E-state index is 0.105. The lowest BCUT2D eigenvalue weighted by molar-refractivity contribution is 0.150. The van der Waals surface area contributed by atoms with E-state index < -0.39 is 0 Å². The highest BCUT2D eigenvalue weighted by Gasteiger charge is 2.24. The Morgan fingerprint density at radius 2 is 1.95 bits per heavy atom. The SMILES string of the molecule is CCN(C(=O)NCCc1ccccc1F)C(C)(C)C. The topological polar surface area (TPSA) is 32.3 Å². The molecule has 1 rings (SSSR count). The summed E-state index contributed by atoms with van der Waals surface area (Å²) in [6.07, 6.45) is 0.500. The summed E-state index contributed by atoms with van der Waals surface area (Å²) in [5.41, 5.74) is 0.415. The summed E-state index contributed by atoms with van der Waals surface area (Å²) in [7, 11) is 0. The molecule has 1 aromatic rings. The third kappa shape index (κ3) is 4.54. The number of hydrogen-bond acceptors (Lipinski definition) is 1. The van der Waals surface area contributed by atoms with Crippen LogP contribution in [-0.4, -0.2) is 29.6 Å². The van der Waals surface area contributed by atoms with Crippen molar-refractivity contribution in [3.8, 4) is 0 Å². The van der Waals surface area contributed by atoms with Crippen LogP contribution in [0.3, 0.4) is 0 Å². The highest BCUT2D eigenvalue weighted by Crippen LogP contribution is 2.12. The fourth-order valence-corrected chi connectivity index (χ4v) is 2.02. The van der Waals surface area contributed by atoms with Gasteiger partial charge in [-0.1, -0.05) is 18.2 Å². The Morgan fingerprint density at radius 1 is 1.32 bits per heavy atom. The number of hydrogen-bond donors (Lipinski definition) is 1. The van der Waals surface area contributed by atoms with Crippen molar-refractivity contribution in [2.24, 2.45) is 0 Å². The maximum atomic E-state index is 13.4. The van der Waals surface area contributed by atoms with E-state index in [1.54, 1.807) is 23.1 Å². The Hall–Kier alpha value is -1.58. The molecule has 0 spiro atoms. The average molecular weight is 266 g/mol. The van der Waals surface area contributed by atoms with E-state index in [-0.39, 0.29) is 17.4 Å². The first kappa shape index (κ1) is 15.5. The molecule has 2 amide bonds. The summed E-state index contributed by atoms with van der Waals surface area (Å²) < 4.78 is 13.4. The molecule has 4 heteroatoms. The monoisotopic (exact) mass is 266 g/mol. The largest absolute Gasteiger partial charge is 0.338 e. The van der Waals surface area contributed by atoms with Crippen LogP contribution in [0, 0.1) is 5.82 Å². The highest BCUT2D eigenvalue weighted by atomic mass is 19.1. The zero-order valence-corrected chi connectivity index (χ0v) is 12.2. The number of amides is 2. The fraction of sp³-hybridized carbons (Fsp3) is 0.533. The second-order valence-corrected chi connectivity index (χ2v) is 5.49. The summed E-state index contributed by atoms with van der Waals surface area (Å²) >= 11 is 0. The summed E-state index contributed by atoms with van der Waals surface area (Å²) in [6.45, 7) is 9.01. The van der Waals surface area contributed by atoms with Crippen molar-refractivity contribution in [3.05, 3.63) is 35.6 Å². The number of halogens is 1. The zero-order valence-electron chi connectivity index (χ0n) is 12.2. The van der Waals surface area contributed by atoms with Crippen LogP contribution in [0.15, 0.2) is 24.3 Å². The predicted molar refractivity (Wildman–Crippen MR) is 75.6 cm³/mol. The third-order valence-electron chi connectivity index (χ3n) is 3.00. The van der Waals surface area contributed by atoms with Crippen molar-refractivity contribution in [2.75, 3.05) is 13.1 Å². The summed E-state index contributed by atoms with van der Waals surface area (Å²) in [6, 6.07) is 6.53. The van der Waals surface area contributed by atoms with Crippen molar-refractivity contribution in [1.29, 1.82) is 0 Å². The molecule has 0 aliphatic heterocycles. The van der Waals surface area contributed by atoms with Crippen LogP contribution in [0.5, 0.6) is 0 Å². The van der Waals surface area contributed by atoms with Gasteiger partial charge in [-0.2, -0.15) is 0 Å². The first-order valence-corrected chi connectivity index (χ1v) is 6.65. The van der Waals surface area contributed by atoms with E-state index in [0.717, 1.165) is 0 Å². The molecule has 0 radical (unpaired) electrons. The number of carbonyl (C=O) groups is 1.